The van der Waals surface area contributed by atoms with E-state index in [0.717, 1.165) is 6.07 Å². The molecule has 1 aromatic heterocycles. The molecule has 0 saturated carbocycles. The summed E-state index contributed by atoms with van der Waals surface area (Å²) in [5.74, 6) is -3.63. The van der Waals surface area contributed by atoms with Crippen LogP contribution in [0, 0.1) is 11.6 Å². The van der Waals surface area contributed by atoms with Gasteiger partial charge in [-0.25, -0.2) is 13.5 Å². The van der Waals surface area contributed by atoms with Gasteiger partial charge in [0.2, 0.25) is 5.43 Å². The van der Waals surface area contributed by atoms with Crippen LogP contribution in [0.25, 0.3) is 0 Å². The van der Waals surface area contributed by atoms with Crippen LogP contribution in [-0.2, 0) is 6.54 Å². The Bertz CT molecular complexity index is 1180. The van der Waals surface area contributed by atoms with Crippen LogP contribution in [0.3, 0.4) is 0 Å². The standard InChI is InChI=1S/C20H19F2IN4O4S/c1-2-26-8-11-6-13(25-32-23)15-14(17(28)18(29)16(20(26)31)27(11)15)19(30)24-7-9-3-4-10(21)5-12(9)22/h3-5,11,13,25,29H,2,6-8H2,1H3,(H,24,30)/t11-,13-/m1/s1. The molecule has 0 fully saturated rings. The molecular formula is C20H19F2IN4O4S. The molecule has 0 unspecified atom stereocenters. The first kappa shape index (κ1) is 23.0. The maximum atomic E-state index is 13.9. The number of pyridine rings is 1. The van der Waals surface area contributed by atoms with Crippen molar-refractivity contribution in [3.8, 4) is 5.75 Å². The Morgan fingerprint density at radius 2 is 2.09 bits per heavy atom. The number of rotatable bonds is 6. The molecule has 8 nitrogen and oxygen atoms in total. The second-order valence-corrected chi connectivity index (χ2v) is 9.27. The summed E-state index contributed by atoms with van der Waals surface area (Å²) >= 11 is 2.03. The molecule has 1 aromatic carbocycles. The fourth-order valence-electron chi connectivity index (χ4n) is 4.33. The summed E-state index contributed by atoms with van der Waals surface area (Å²) in [4.78, 5) is 40.5. The molecule has 2 atom stereocenters. The minimum atomic E-state index is -0.958. The van der Waals surface area contributed by atoms with E-state index in [1.54, 1.807) is 9.47 Å². The van der Waals surface area contributed by atoms with Crippen molar-refractivity contribution < 1.29 is 23.5 Å². The van der Waals surface area contributed by atoms with Crippen LogP contribution in [0.5, 0.6) is 5.75 Å². The zero-order valence-corrected chi connectivity index (χ0v) is 19.8. The molecule has 0 spiro atoms. The van der Waals surface area contributed by atoms with Crippen molar-refractivity contribution in [3.63, 3.8) is 0 Å². The average molecular weight is 576 g/mol. The highest BCUT2D eigenvalue weighted by atomic mass is 127. The van der Waals surface area contributed by atoms with Gasteiger partial charge in [0.1, 0.15) is 17.2 Å². The predicted octanol–water partition coefficient (Wildman–Crippen LogP) is 2.81. The highest BCUT2D eigenvalue weighted by molar-refractivity contribution is 14.2. The molecule has 12 heteroatoms. The third-order valence-electron chi connectivity index (χ3n) is 5.80. The number of amides is 2. The summed E-state index contributed by atoms with van der Waals surface area (Å²) in [6.45, 7) is 2.34. The zero-order valence-electron chi connectivity index (χ0n) is 16.8. The number of hydrogen-bond acceptors (Lipinski definition) is 6. The Hall–Kier alpha value is -2.19. The van der Waals surface area contributed by atoms with Gasteiger partial charge in [0.25, 0.3) is 11.8 Å². The second-order valence-electron chi connectivity index (χ2n) is 7.56. The van der Waals surface area contributed by atoms with Crippen molar-refractivity contribution in [3.05, 3.63) is 62.6 Å². The van der Waals surface area contributed by atoms with Crippen molar-refractivity contribution in [1.82, 2.24) is 19.5 Å². The molecule has 0 saturated heterocycles. The van der Waals surface area contributed by atoms with Gasteiger partial charge in [0.15, 0.2) is 11.4 Å². The van der Waals surface area contributed by atoms with Crippen LogP contribution in [0.1, 0.15) is 57.5 Å². The smallest absolute Gasteiger partial charge is 0.274 e. The fourth-order valence-corrected chi connectivity index (χ4v) is 5.57. The lowest BCUT2D eigenvalue weighted by Crippen LogP contribution is -2.44. The Morgan fingerprint density at radius 1 is 1.34 bits per heavy atom. The van der Waals surface area contributed by atoms with Gasteiger partial charge in [-0.15, -0.1) is 0 Å². The Balaban J connectivity index is 1.78. The number of aromatic hydroxyl groups is 1. The van der Waals surface area contributed by atoms with Crippen LogP contribution in [-0.4, -0.2) is 39.5 Å². The lowest BCUT2D eigenvalue weighted by molar-refractivity contribution is 0.0675. The molecule has 2 amide bonds. The van der Waals surface area contributed by atoms with Gasteiger partial charge in [0, 0.05) is 52.5 Å². The van der Waals surface area contributed by atoms with E-state index < -0.39 is 40.7 Å². The highest BCUT2D eigenvalue weighted by Crippen LogP contribution is 2.43. The zero-order chi connectivity index (χ0) is 23.2. The summed E-state index contributed by atoms with van der Waals surface area (Å²) < 4.78 is 31.8. The topological polar surface area (TPSA) is 104 Å². The summed E-state index contributed by atoms with van der Waals surface area (Å²) in [6.07, 6.45) is 0.516. The Morgan fingerprint density at radius 3 is 2.75 bits per heavy atom. The minimum absolute atomic E-state index is 0.0441. The summed E-state index contributed by atoms with van der Waals surface area (Å²) in [7, 11) is 1.28. The molecule has 3 N–H and O–H groups in total. The van der Waals surface area contributed by atoms with Crippen LogP contribution >= 0.6 is 30.3 Å². The number of hydrogen-bond donors (Lipinski definition) is 3. The predicted molar refractivity (Wildman–Crippen MR) is 123 cm³/mol. The molecule has 0 bridgehead atoms. The van der Waals surface area contributed by atoms with Crippen LogP contribution in [0.15, 0.2) is 23.0 Å². The molecule has 170 valence electrons. The molecule has 4 rings (SSSR count). The first-order chi connectivity index (χ1) is 15.3. The number of carbonyl (C=O) groups is 2. The molecule has 2 aliphatic heterocycles. The molecule has 3 heterocycles. The van der Waals surface area contributed by atoms with E-state index in [2.05, 4.69) is 10.0 Å². The number of likely N-dealkylation sites (N-methyl/N-ethyl adjacent to an activating group) is 1. The first-order valence-electron chi connectivity index (χ1n) is 9.84. The fraction of sp³-hybridized carbons (Fsp3) is 0.350. The van der Waals surface area contributed by atoms with Gasteiger partial charge in [-0.2, -0.15) is 0 Å². The molecule has 2 aliphatic rings. The molecule has 0 aliphatic carbocycles. The monoisotopic (exact) mass is 576 g/mol. The summed E-state index contributed by atoms with van der Waals surface area (Å²) in [6, 6.07) is 2.34. The lowest BCUT2D eigenvalue weighted by Gasteiger charge is -2.33. The maximum Gasteiger partial charge on any atom is 0.274 e. The van der Waals surface area contributed by atoms with E-state index in [1.807, 2.05) is 28.1 Å². The van der Waals surface area contributed by atoms with Crippen molar-refractivity contribution in [2.45, 2.75) is 32.0 Å². The van der Waals surface area contributed by atoms with E-state index in [1.165, 1.54) is 15.2 Å². The van der Waals surface area contributed by atoms with Gasteiger partial charge >= 0.3 is 0 Å². The van der Waals surface area contributed by atoms with Crippen LogP contribution < -0.4 is 15.5 Å². The van der Waals surface area contributed by atoms with Gasteiger partial charge in [0.05, 0.1) is 17.8 Å². The molecular weight excluding hydrogens is 557 g/mol. The minimum Gasteiger partial charge on any atom is -0.503 e. The number of nitrogens with one attached hydrogen (secondary N) is 2. The van der Waals surface area contributed by atoms with Gasteiger partial charge in [-0.3, -0.25) is 14.4 Å². The van der Waals surface area contributed by atoms with Crippen molar-refractivity contribution in [2.75, 3.05) is 13.1 Å². The first-order valence-corrected chi connectivity index (χ1v) is 13.2. The third-order valence-corrected chi connectivity index (χ3v) is 6.93. The Kier molecular flexibility index (Phi) is 6.45. The van der Waals surface area contributed by atoms with E-state index >= 15 is 0 Å². The molecule has 2 aromatic rings. The number of benzene rings is 1. The quantitative estimate of drug-likeness (QED) is 0.361. The maximum absolute atomic E-state index is 13.9. The number of nitrogens with zero attached hydrogens (tertiary/aromatic N) is 2. The largest absolute Gasteiger partial charge is 0.503 e. The Labute approximate surface area is 198 Å². The van der Waals surface area contributed by atoms with E-state index in [4.69, 9.17) is 0 Å². The molecule has 32 heavy (non-hydrogen) atoms. The number of aromatic nitrogens is 1. The van der Waals surface area contributed by atoms with E-state index in [-0.39, 0.29) is 29.4 Å². The van der Waals surface area contributed by atoms with Crippen molar-refractivity contribution >= 4 is 42.1 Å². The molecule has 0 radical (unpaired) electrons. The summed E-state index contributed by atoms with van der Waals surface area (Å²) in [5.41, 5.74) is -1.01. The van der Waals surface area contributed by atoms with Gasteiger partial charge in [-0.1, -0.05) is 6.07 Å². The van der Waals surface area contributed by atoms with Crippen LogP contribution in [0.2, 0.25) is 0 Å². The normalized spacial score (nSPS) is 19.2. The third kappa shape index (κ3) is 3.77. The van der Waals surface area contributed by atoms with Gasteiger partial charge < -0.3 is 19.9 Å². The number of carbonyl (C=O) groups excluding carboxylic acids is 2. The second kappa shape index (κ2) is 8.98. The number of halogens is 3. The average Bonchev–Trinajstić information content (AvgIpc) is 3.10. The van der Waals surface area contributed by atoms with E-state index in [0.29, 0.717) is 31.3 Å². The van der Waals surface area contributed by atoms with E-state index in [9.17, 15) is 28.3 Å². The van der Waals surface area contributed by atoms with Crippen molar-refractivity contribution in [1.29, 1.82) is 0 Å². The van der Waals surface area contributed by atoms with Crippen molar-refractivity contribution in [2.24, 2.45) is 0 Å². The van der Waals surface area contributed by atoms with Gasteiger partial charge in [-0.05, 0) is 28.5 Å². The summed E-state index contributed by atoms with van der Waals surface area (Å²) in [5, 5.41) is 13.1. The lowest BCUT2D eigenvalue weighted by atomic mass is 10.0. The van der Waals surface area contributed by atoms with Crippen LogP contribution in [0.4, 0.5) is 8.78 Å². The SMILES string of the molecule is CCN1C[C@H]2C[C@@H](NSI)c3c(C(=O)NCc4ccc(F)cc4F)c(=O)c(O)c(n32)C1=O. The highest BCUT2D eigenvalue weighted by Gasteiger charge is 2.44.